The average molecular weight is 447 g/mol. The molecule has 0 N–H and O–H groups in total. The summed E-state index contributed by atoms with van der Waals surface area (Å²) >= 11 is 0. The first-order valence-electron chi connectivity index (χ1n) is 11.9. The van der Waals surface area contributed by atoms with Crippen LogP contribution in [0.15, 0.2) is 48.5 Å². The summed E-state index contributed by atoms with van der Waals surface area (Å²) in [6, 6.07) is 15.2. The van der Waals surface area contributed by atoms with Gasteiger partial charge in [-0.25, -0.2) is 9.07 Å². The van der Waals surface area contributed by atoms with Crippen molar-refractivity contribution in [1.82, 2.24) is 19.6 Å². The molecule has 0 bridgehead atoms. The van der Waals surface area contributed by atoms with Gasteiger partial charge in [0, 0.05) is 44.6 Å². The van der Waals surface area contributed by atoms with Crippen LogP contribution in [0, 0.1) is 18.7 Å². The highest BCUT2D eigenvalue weighted by molar-refractivity contribution is 5.79. The number of aryl methyl sites for hydroxylation is 1. The maximum atomic E-state index is 13.3. The lowest BCUT2D eigenvalue weighted by atomic mass is 9.84. The van der Waals surface area contributed by atoms with Crippen LogP contribution < -0.4 is 0 Å². The van der Waals surface area contributed by atoms with Crippen molar-refractivity contribution in [3.05, 3.63) is 82.4 Å². The Bertz CT molecular complexity index is 1130. The molecule has 1 amide bonds. The molecule has 3 aromatic rings. The summed E-state index contributed by atoms with van der Waals surface area (Å²) in [5.74, 6) is 0.208. The Hall–Kier alpha value is -2.99. The predicted molar refractivity (Wildman–Crippen MR) is 126 cm³/mol. The Balaban J connectivity index is 1.43. The van der Waals surface area contributed by atoms with Crippen molar-refractivity contribution in [3.63, 3.8) is 0 Å². The third-order valence-corrected chi connectivity index (χ3v) is 7.04. The van der Waals surface area contributed by atoms with E-state index in [0.29, 0.717) is 6.54 Å². The van der Waals surface area contributed by atoms with Crippen LogP contribution >= 0.6 is 0 Å². The molecule has 6 heteroatoms. The topological polar surface area (TPSA) is 41.4 Å². The van der Waals surface area contributed by atoms with Gasteiger partial charge in [-0.05, 0) is 49.6 Å². The van der Waals surface area contributed by atoms with E-state index >= 15 is 0 Å². The number of benzene rings is 2. The van der Waals surface area contributed by atoms with E-state index in [2.05, 4.69) is 40.8 Å². The molecule has 0 spiro atoms. The van der Waals surface area contributed by atoms with E-state index in [9.17, 15) is 9.18 Å². The summed E-state index contributed by atoms with van der Waals surface area (Å²) < 4.78 is 15.4. The third-order valence-electron chi connectivity index (χ3n) is 7.04. The molecule has 1 aliphatic carbocycles. The zero-order valence-corrected chi connectivity index (χ0v) is 19.4. The molecule has 1 fully saturated rings. The Morgan fingerprint density at radius 3 is 2.52 bits per heavy atom. The minimum atomic E-state index is -0.208. The lowest BCUT2D eigenvalue weighted by molar-refractivity contribution is -0.137. The van der Waals surface area contributed by atoms with Crippen molar-refractivity contribution in [3.8, 4) is 5.69 Å². The summed E-state index contributed by atoms with van der Waals surface area (Å²) in [6.07, 6.45) is 4.05. The van der Waals surface area contributed by atoms with Crippen LogP contribution in [0.25, 0.3) is 5.69 Å². The van der Waals surface area contributed by atoms with Crippen LogP contribution in [0.2, 0.25) is 0 Å². The molecule has 1 aromatic heterocycles. The Labute approximate surface area is 194 Å². The fraction of sp³-hybridized carbons (Fsp3) is 0.407. The number of carbonyl (C=O) groups is 1. The van der Waals surface area contributed by atoms with Crippen LogP contribution in [-0.2, 0) is 30.8 Å². The Kier molecular flexibility index (Phi) is 6.02. The van der Waals surface area contributed by atoms with Crippen LogP contribution in [0.3, 0.4) is 0 Å². The molecule has 1 saturated carbocycles. The van der Waals surface area contributed by atoms with Gasteiger partial charge in [0.1, 0.15) is 5.82 Å². The van der Waals surface area contributed by atoms with Gasteiger partial charge in [0.05, 0.1) is 23.6 Å². The fourth-order valence-corrected chi connectivity index (χ4v) is 4.82. The molecular weight excluding hydrogens is 415 g/mol. The molecule has 5 nitrogen and oxygen atoms in total. The predicted octanol–water partition coefficient (Wildman–Crippen LogP) is 4.64. The van der Waals surface area contributed by atoms with Crippen molar-refractivity contribution >= 4 is 5.91 Å². The largest absolute Gasteiger partial charge is 0.340 e. The number of amides is 1. The number of aromatic nitrogens is 2. The van der Waals surface area contributed by atoms with Gasteiger partial charge in [0.25, 0.3) is 0 Å². The first kappa shape index (κ1) is 21.8. The van der Waals surface area contributed by atoms with Crippen molar-refractivity contribution in [2.75, 3.05) is 13.6 Å². The van der Waals surface area contributed by atoms with E-state index in [0.717, 1.165) is 62.3 Å². The van der Waals surface area contributed by atoms with E-state index in [-0.39, 0.29) is 17.6 Å². The molecule has 2 heterocycles. The monoisotopic (exact) mass is 446 g/mol. The van der Waals surface area contributed by atoms with Gasteiger partial charge in [-0.3, -0.25) is 9.69 Å². The number of hydrogen-bond acceptors (Lipinski definition) is 3. The number of halogens is 1. The van der Waals surface area contributed by atoms with Crippen molar-refractivity contribution < 1.29 is 9.18 Å². The second-order valence-corrected chi connectivity index (χ2v) is 9.53. The van der Waals surface area contributed by atoms with Gasteiger partial charge in [0.2, 0.25) is 5.91 Å². The van der Waals surface area contributed by atoms with E-state index in [1.54, 1.807) is 0 Å². The lowest BCUT2D eigenvalue weighted by Gasteiger charge is -2.30. The highest BCUT2D eigenvalue weighted by Gasteiger charge is 2.30. The Morgan fingerprint density at radius 1 is 1.12 bits per heavy atom. The van der Waals surface area contributed by atoms with Crippen molar-refractivity contribution in [2.45, 2.75) is 52.2 Å². The molecule has 2 aliphatic rings. The smallest absolute Gasteiger partial charge is 0.225 e. The number of hydrogen-bond donors (Lipinski definition) is 0. The molecule has 2 aromatic carbocycles. The van der Waals surface area contributed by atoms with E-state index in [1.807, 2.05) is 24.1 Å². The van der Waals surface area contributed by atoms with Gasteiger partial charge in [-0.15, -0.1) is 0 Å². The molecular formula is C27H31FN4O. The quantitative estimate of drug-likeness (QED) is 0.554. The number of rotatable bonds is 6. The van der Waals surface area contributed by atoms with E-state index in [1.165, 1.54) is 29.0 Å². The fourth-order valence-electron chi connectivity index (χ4n) is 4.82. The Morgan fingerprint density at radius 2 is 1.85 bits per heavy atom. The maximum absolute atomic E-state index is 13.3. The minimum Gasteiger partial charge on any atom is -0.340 e. The molecule has 172 valence electrons. The highest BCUT2D eigenvalue weighted by atomic mass is 19.1. The zero-order valence-electron chi connectivity index (χ0n) is 19.4. The van der Waals surface area contributed by atoms with Gasteiger partial charge in [-0.1, -0.05) is 36.2 Å². The van der Waals surface area contributed by atoms with Gasteiger partial charge >= 0.3 is 0 Å². The van der Waals surface area contributed by atoms with Gasteiger partial charge < -0.3 is 4.90 Å². The molecule has 0 atom stereocenters. The lowest BCUT2D eigenvalue weighted by Crippen LogP contribution is -2.36. The first-order chi connectivity index (χ1) is 16.0. The number of fused-ring (bicyclic) bond motifs is 1. The van der Waals surface area contributed by atoms with E-state index < -0.39 is 0 Å². The summed E-state index contributed by atoms with van der Waals surface area (Å²) in [7, 11) is 1.90. The molecule has 0 unspecified atom stereocenters. The second kappa shape index (κ2) is 9.10. The van der Waals surface area contributed by atoms with Crippen LogP contribution in [0.4, 0.5) is 4.39 Å². The minimum absolute atomic E-state index is 0.181. The highest BCUT2D eigenvalue weighted by Crippen LogP contribution is 2.30. The molecule has 5 rings (SSSR count). The van der Waals surface area contributed by atoms with Crippen LogP contribution in [0.5, 0.6) is 0 Å². The van der Waals surface area contributed by atoms with Crippen molar-refractivity contribution in [1.29, 1.82) is 0 Å². The summed E-state index contributed by atoms with van der Waals surface area (Å²) in [6.45, 7) is 5.08. The molecule has 0 saturated heterocycles. The van der Waals surface area contributed by atoms with Gasteiger partial charge in [0.15, 0.2) is 0 Å². The normalized spacial score (nSPS) is 16.3. The van der Waals surface area contributed by atoms with Crippen molar-refractivity contribution in [2.24, 2.45) is 5.92 Å². The summed E-state index contributed by atoms with van der Waals surface area (Å²) in [5.41, 5.74) is 6.81. The molecule has 0 radical (unpaired) electrons. The van der Waals surface area contributed by atoms with Crippen LogP contribution in [-0.4, -0.2) is 39.1 Å². The average Bonchev–Trinajstić information content (AvgIpc) is 3.12. The number of nitrogens with zero attached hydrogens (tertiary/aromatic N) is 4. The second-order valence-electron chi connectivity index (χ2n) is 9.53. The number of carbonyl (C=O) groups excluding carboxylic acids is 1. The SMILES string of the molecule is Cc1ccc(-n2nc(CN(C)C(=O)C3CCC3)c3c2CCN(Cc2ccc(F)cc2)C3)cc1. The summed E-state index contributed by atoms with van der Waals surface area (Å²) in [5, 5.41) is 5.02. The third kappa shape index (κ3) is 4.58. The van der Waals surface area contributed by atoms with E-state index in [4.69, 9.17) is 5.10 Å². The molecule has 1 aliphatic heterocycles. The van der Waals surface area contributed by atoms with Gasteiger partial charge in [-0.2, -0.15) is 5.10 Å². The zero-order chi connectivity index (χ0) is 22.9. The first-order valence-corrected chi connectivity index (χ1v) is 11.9. The maximum Gasteiger partial charge on any atom is 0.225 e. The molecule has 33 heavy (non-hydrogen) atoms. The summed E-state index contributed by atoms with van der Waals surface area (Å²) in [4.78, 5) is 17.0. The standard InChI is InChI=1S/C27H31FN4O/c1-19-6-12-23(13-7-19)32-26-14-15-31(16-20-8-10-22(28)11-9-20)17-24(26)25(29-32)18-30(2)27(33)21-4-3-5-21/h6-13,21H,3-5,14-18H2,1-2H3. The van der Waals surface area contributed by atoms with Crippen LogP contribution in [0.1, 0.15) is 47.3 Å².